The highest BCUT2D eigenvalue weighted by molar-refractivity contribution is 7.07. The summed E-state index contributed by atoms with van der Waals surface area (Å²) in [5.41, 5.74) is 3.08. The van der Waals surface area contributed by atoms with Crippen molar-refractivity contribution >= 4 is 29.4 Å². The van der Waals surface area contributed by atoms with Gasteiger partial charge in [0.15, 0.2) is 16.3 Å². The van der Waals surface area contributed by atoms with E-state index in [0.717, 1.165) is 11.1 Å². The molecule has 0 fully saturated rings. The van der Waals surface area contributed by atoms with Gasteiger partial charge in [-0.15, -0.1) is 0 Å². The molecule has 0 aliphatic carbocycles. The summed E-state index contributed by atoms with van der Waals surface area (Å²) in [6.45, 7) is 11.3. The Balaban J connectivity index is 1.92. The third-order valence-electron chi connectivity index (χ3n) is 6.00. The Hall–Kier alpha value is -3.98. The number of esters is 2. The Kier molecular flexibility index (Phi) is 8.50. The molecule has 0 spiro atoms. The highest BCUT2D eigenvalue weighted by atomic mass is 32.1. The van der Waals surface area contributed by atoms with Crippen molar-refractivity contribution in [3.63, 3.8) is 0 Å². The van der Waals surface area contributed by atoms with Crippen LogP contribution in [0.3, 0.4) is 0 Å². The lowest BCUT2D eigenvalue weighted by atomic mass is 9.95. The molecule has 204 valence electrons. The van der Waals surface area contributed by atoms with Gasteiger partial charge in [0, 0.05) is 6.92 Å². The molecule has 1 aliphatic rings. The van der Waals surface area contributed by atoms with E-state index in [1.807, 2.05) is 58.0 Å². The molecule has 1 atom stereocenters. The van der Waals surface area contributed by atoms with Gasteiger partial charge in [-0.2, -0.15) is 0 Å². The van der Waals surface area contributed by atoms with Crippen molar-refractivity contribution < 1.29 is 23.8 Å². The summed E-state index contributed by atoms with van der Waals surface area (Å²) in [6, 6.07) is 12.1. The van der Waals surface area contributed by atoms with Crippen LogP contribution in [0.5, 0.6) is 11.5 Å². The van der Waals surface area contributed by atoms with E-state index in [2.05, 4.69) is 4.99 Å². The first-order valence-corrected chi connectivity index (χ1v) is 13.6. The van der Waals surface area contributed by atoms with E-state index < -0.39 is 18.0 Å². The Morgan fingerprint density at radius 3 is 2.46 bits per heavy atom. The second-order valence-corrected chi connectivity index (χ2v) is 10.7. The number of carbonyl (C=O) groups is 2. The third-order valence-corrected chi connectivity index (χ3v) is 6.98. The number of aromatic nitrogens is 1. The van der Waals surface area contributed by atoms with Crippen LogP contribution in [0, 0.1) is 12.8 Å². The normalized spacial score (nSPS) is 15.2. The van der Waals surface area contributed by atoms with Gasteiger partial charge in [0.25, 0.3) is 5.56 Å². The highest BCUT2D eigenvalue weighted by Gasteiger charge is 2.34. The molecule has 0 bridgehead atoms. The molecule has 8 nitrogen and oxygen atoms in total. The van der Waals surface area contributed by atoms with Crippen molar-refractivity contribution in [1.82, 2.24) is 4.57 Å². The lowest BCUT2D eigenvalue weighted by Crippen LogP contribution is -2.40. The molecule has 0 saturated carbocycles. The number of allylic oxidation sites excluding steroid dienone is 1. The van der Waals surface area contributed by atoms with Gasteiger partial charge in [-0.3, -0.25) is 14.2 Å². The monoisotopic (exact) mass is 548 g/mol. The second kappa shape index (κ2) is 11.8. The molecule has 0 saturated heterocycles. The van der Waals surface area contributed by atoms with Crippen LogP contribution in [-0.4, -0.2) is 29.7 Å². The Labute approximate surface area is 230 Å². The molecule has 2 heterocycles. The minimum Gasteiger partial charge on any atom is -0.490 e. The molecule has 0 N–H and O–H groups in total. The van der Waals surface area contributed by atoms with E-state index in [9.17, 15) is 14.4 Å². The van der Waals surface area contributed by atoms with Crippen LogP contribution in [0.2, 0.25) is 0 Å². The number of rotatable bonds is 8. The van der Waals surface area contributed by atoms with Crippen LogP contribution in [0.1, 0.15) is 57.4 Å². The van der Waals surface area contributed by atoms with E-state index in [1.165, 1.54) is 22.8 Å². The van der Waals surface area contributed by atoms with Crippen LogP contribution in [0.15, 0.2) is 63.5 Å². The van der Waals surface area contributed by atoms with Crippen LogP contribution in [0.4, 0.5) is 0 Å². The molecule has 39 heavy (non-hydrogen) atoms. The number of carbonyl (C=O) groups excluding carboxylic acids is 2. The number of hydrogen-bond donors (Lipinski definition) is 0. The van der Waals surface area contributed by atoms with Crippen molar-refractivity contribution in [3.05, 3.63) is 90.1 Å². The Bertz CT molecular complexity index is 1610. The smallest absolute Gasteiger partial charge is 0.338 e. The topological polar surface area (TPSA) is 96.2 Å². The predicted molar refractivity (Wildman–Crippen MR) is 150 cm³/mol. The largest absolute Gasteiger partial charge is 0.490 e. The van der Waals surface area contributed by atoms with Gasteiger partial charge in [-0.05, 0) is 56.0 Å². The van der Waals surface area contributed by atoms with E-state index in [-0.39, 0.29) is 29.4 Å². The van der Waals surface area contributed by atoms with Gasteiger partial charge < -0.3 is 14.2 Å². The van der Waals surface area contributed by atoms with Gasteiger partial charge in [0.1, 0.15) is 0 Å². The minimum atomic E-state index is -0.813. The number of thiazole rings is 1. The number of ether oxygens (including phenoxy) is 3. The molecular weight excluding hydrogens is 516 g/mol. The van der Waals surface area contributed by atoms with Crippen molar-refractivity contribution in [2.24, 2.45) is 10.9 Å². The minimum absolute atomic E-state index is 0.136. The quantitative estimate of drug-likeness (QED) is 0.311. The summed E-state index contributed by atoms with van der Waals surface area (Å²) in [5.74, 6) is -0.302. The van der Waals surface area contributed by atoms with Gasteiger partial charge in [-0.25, -0.2) is 9.79 Å². The van der Waals surface area contributed by atoms with Crippen molar-refractivity contribution in [3.8, 4) is 11.5 Å². The molecular formula is C30H32N2O6S. The van der Waals surface area contributed by atoms with Crippen LogP contribution < -0.4 is 24.4 Å². The molecule has 9 heteroatoms. The summed E-state index contributed by atoms with van der Waals surface area (Å²) >= 11 is 1.26. The number of benzene rings is 2. The standard InChI is InChI=1S/C30H32N2O6S/c1-7-36-24-15-22(12-13-23(24)38-20(6)33)27-26(29(35)37-16-17(2)3)19(5)31-30-32(27)28(34)25(39-30)14-21-10-8-18(4)9-11-21/h8-15,17,27H,7,16H2,1-6H3. The predicted octanol–water partition coefficient (Wildman–Crippen LogP) is 4.07. The molecule has 1 unspecified atom stereocenters. The SMILES string of the molecule is CCOc1cc(C2C(C(=O)OCC(C)C)=C(C)N=c3sc(=Cc4ccc(C)cc4)c(=O)n32)ccc1OC(C)=O. The average Bonchev–Trinajstić information content (AvgIpc) is 3.18. The van der Waals surface area contributed by atoms with E-state index in [0.29, 0.717) is 33.0 Å². The highest BCUT2D eigenvalue weighted by Crippen LogP contribution is 2.36. The van der Waals surface area contributed by atoms with Gasteiger partial charge in [0.05, 0.1) is 35.1 Å². The molecule has 3 aromatic rings. The average molecular weight is 549 g/mol. The number of nitrogens with zero attached hydrogens (tertiary/aromatic N) is 2. The first-order valence-electron chi connectivity index (χ1n) is 12.8. The van der Waals surface area contributed by atoms with Crippen LogP contribution >= 0.6 is 11.3 Å². The number of fused-ring (bicyclic) bond motifs is 1. The summed E-state index contributed by atoms with van der Waals surface area (Å²) in [4.78, 5) is 44.0. The zero-order valence-electron chi connectivity index (χ0n) is 22.9. The second-order valence-electron chi connectivity index (χ2n) is 9.72. The van der Waals surface area contributed by atoms with E-state index in [4.69, 9.17) is 14.2 Å². The van der Waals surface area contributed by atoms with Crippen LogP contribution in [0.25, 0.3) is 6.08 Å². The van der Waals surface area contributed by atoms with Gasteiger partial charge in [0.2, 0.25) is 0 Å². The van der Waals surface area contributed by atoms with Crippen molar-refractivity contribution in [1.29, 1.82) is 0 Å². The fourth-order valence-electron chi connectivity index (χ4n) is 4.23. The maximum atomic E-state index is 13.8. The Morgan fingerprint density at radius 1 is 1.10 bits per heavy atom. The summed E-state index contributed by atoms with van der Waals surface area (Å²) in [5, 5.41) is 0. The van der Waals surface area contributed by atoms with Gasteiger partial charge >= 0.3 is 11.9 Å². The molecule has 0 amide bonds. The molecule has 2 aromatic carbocycles. The zero-order chi connectivity index (χ0) is 28.3. The van der Waals surface area contributed by atoms with Crippen molar-refractivity contribution in [2.75, 3.05) is 13.2 Å². The molecule has 1 aliphatic heterocycles. The zero-order valence-corrected chi connectivity index (χ0v) is 23.8. The number of aryl methyl sites for hydroxylation is 1. The van der Waals surface area contributed by atoms with Crippen molar-refractivity contribution in [2.45, 2.75) is 47.6 Å². The molecule has 1 aromatic heterocycles. The maximum absolute atomic E-state index is 13.8. The lowest BCUT2D eigenvalue weighted by Gasteiger charge is -2.25. The molecule has 4 rings (SSSR count). The first-order chi connectivity index (χ1) is 18.6. The maximum Gasteiger partial charge on any atom is 0.338 e. The van der Waals surface area contributed by atoms with E-state index in [1.54, 1.807) is 25.1 Å². The lowest BCUT2D eigenvalue weighted by molar-refractivity contribution is -0.140. The fourth-order valence-corrected chi connectivity index (χ4v) is 5.28. The summed E-state index contributed by atoms with van der Waals surface area (Å²) in [6.07, 6.45) is 1.83. The third kappa shape index (κ3) is 6.20. The van der Waals surface area contributed by atoms with Crippen LogP contribution in [-0.2, 0) is 14.3 Å². The first kappa shape index (κ1) is 28.0. The fraction of sp³-hybridized carbons (Fsp3) is 0.333. The van der Waals surface area contributed by atoms with E-state index >= 15 is 0 Å². The number of hydrogen-bond acceptors (Lipinski definition) is 8. The summed E-state index contributed by atoms with van der Waals surface area (Å²) in [7, 11) is 0. The van der Waals surface area contributed by atoms with Gasteiger partial charge in [-0.1, -0.05) is 61.1 Å². The Morgan fingerprint density at radius 2 is 1.82 bits per heavy atom. The summed E-state index contributed by atoms with van der Waals surface area (Å²) < 4.78 is 18.7. The molecule has 0 radical (unpaired) electrons.